The highest BCUT2D eigenvalue weighted by Crippen LogP contribution is 2.43. The Kier molecular flexibility index (Phi) is 1.86. The van der Waals surface area contributed by atoms with Crippen LogP contribution >= 0.6 is 15.9 Å². The van der Waals surface area contributed by atoms with E-state index >= 15 is 0 Å². The van der Waals surface area contributed by atoms with Gasteiger partial charge in [-0.25, -0.2) is 0 Å². The molecule has 14 heavy (non-hydrogen) atoms. The Morgan fingerprint density at radius 3 is 2.93 bits per heavy atom. The Bertz CT molecular complexity index is 374. The molecule has 2 aliphatic heterocycles. The van der Waals surface area contributed by atoms with Crippen molar-refractivity contribution >= 4 is 15.9 Å². The number of rotatable bonds is 0. The van der Waals surface area contributed by atoms with Gasteiger partial charge in [0.1, 0.15) is 5.75 Å². The van der Waals surface area contributed by atoms with E-state index in [1.165, 1.54) is 12.0 Å². The molecule has 2 aliphatic rings. The highest BCUT2D eigenvalue weighted by molar-refractivity contribution is 9.10. The summed E-state index contributed by atoms with van der Waals surface area (Å²) >= 11 is 3.51. The van der Waals surface area contributed by atoms with Gasteiger partial charge in [0, 0.05) is 16.5 Å². The standard InChI is InChI=1S/C11H12BrNO/c12-8-1-2-10-9(7-8)11(3-5-13-11)4-6-14-10/h1-2,7,13H,3-6H2/t11-/m1/s1. The van der Waals surface area contributed by atoms with Crippen LogP contribution in [0.5, 0.6) is 5.75 Å². The maximum absolute atomic E-state index is 5.65. The quantitative estimate of drug-likeness (QED) is 0.767. The first-order valence-electron chi connectivity index (χ1n) is 4.98. The summed E-state index contributed by atoms with van der Waals surface area (Å²) in [4.78, 5) is 0. The van der Waals surface area contributed by atoms with Gasteiger partial charge in [-0.05, 0) is 31.2 Å². The lowest BCUT2D eigenvalue weighted by molar-refractivity contribution is 0.122. The fourth-order valence-corrected chi connectivity index (χ4v) is 2.70. The van der Waals surface area contributed by atoms with Gasteiger partial charge in [0.15, 0.2) is 0 Å². The number of ether oxygens (including phenoxy) is 1. The molecule has 1 N–H and O–H groups in total. The zero-order valence-electron chi connectivity index (χ0n) is 7.85. The number of nitrogens with one attached hydrogen (secondary N) is 1. The van der Waals surface area contributed by atoms with Crippen molar-refractivity contribution in [1.29, 1.82) is 0 Å². The van der Waals surface area contributed by atoms with Crippen molar-refractivity contribution in [3.63, 3.8) is 0 Å². The predicted octanol–water partition coefficient (Wildman–Crippen LogP) is 2.42. The minimum absolute atomic E-state index is 0.220. The lowest BCUT2D eigenvalue weighted by Gasteiger charge is -2.47. The smallest absolute Gasteiger partial charge is 0.124 e. The highest BCUT2D eigenvalue weighted by Gasteiger charge is 2.42. The maximum atomic E-state index is 5.65. The molecule has 2 heterocycles. The fraction of sp³-hybridized carbons (Fsp3) is 0.455. The van der Waals surface area contributed by atoms with Crippen LogP contribution in [-0.4, -0.2) is 13.2 Å². The minimum Gasteiger partial charge on any atom is -0.493 e. The lowest BCUT2D eigenvalue weighted by atomic mass is 9.77. The lowest BCUT2D eigenvalue weighted by Crippen LogP contribution is -2.56. The van der Waals surface area contributed by atoms with Gasteiger partial charge in [0.2, 0.25) is 0 Å². The van der Waals surface area contributed by atoms with Crippen LogP contribution in [0.3, 0.4) is 0 Å². The maximum Gasteiger partial charge on any atom is 0.124 e. The predicted molar refractivity (Wildman–Crippen MR) is 58.6 cm³/mol. The number of halogens is 1. The first kappa shape index (κ1) is 8.74. The second-order valence-corrected chi connectivity index (χ2v) is 4.91. The van der Waals surface area contributed by atoms with Crippen molar-refractivity contribution in [2.45, 2.75) is 18.4 Å². The molecule has 1 aromatic carbocycles. The molecule has 1 atom stereocenters. The van der Waals surface area contributed by atoms with Gasteiger partial charge in [-0.1, -0.05) is 15.9 Å². The van der Waals surface area contributed by atoms with E-state index in [4.69, 9.17) is 4.74 Å². The summed E-state index contributed by atoms with van der Waals surface area (Å²) in [5, 5.41) is 3.54. The van der Waals surface area contributed by atoms with Crippen molar-refractivity contribution in [1.82, 2.24) is 5.32 Å². The summed E-state index contributed by atoms with van der Waals surface area (Å²) < 4.78 is 6.78. The molecule has 0 unspecified atom stereocenters. The largest absolute Gasteiger partial charge is 0.493 e. The van der Waals surface area contributed by atoms with Crippen molar-refractivity contribution in [2.24, 2.45) is 0 Å². The van der Waals surface area contributed by atoms with Crippen LogP contribution in [0.15, 0.2) is 22.7 Å². The molecule has 0 aromatic heterocycles. The zero-order chi connectivity index (χ0) is 9.60. The van der Waals surface area contributed by atoms with E-state index in [2.05, 4.69) is 33.4 Å². The van der Waals surface area contributed by atoms with Crippen molar-refractivity contribution in [3.8, 4) is 5.75 Å². The zero-order valence-corrected chi connectivity index (χ0v) is 9.43. The Morgan fingerprint density at radius 2 is 2.21 bits per heavy atom. The summed E-state index contributed by atoms with van der Waals surface area (Å²) in [6.07, 6.45) is 2.33. The topological polar surface area (TPSA) is 21.3 Å². The molecule has 2 nitrogen and oxygen atoms in total. The third kappa shape index (κ3) is 1.12. The van der Waals surface area contributed by atoms with Gasteiger partial charge >= 0.3 is 0 Å². The number of benzene rings is 1. The second kappa shape index (κ2) is 2.97. The van der Waals surface area contributed by atoms with Crippen LogP contribution < -0.4 is 10.1 Å². The second-order valence-electron chi connectivity index (χ2n) is 4.00. The van der Waals surface area contributed by atoms with E-state index in [0.29, 0.717) is 0 Å². The van der Waals surface area contributed by atoms with E-state index in [0.717, 1.165) is 29.8 Å². The highest BCUT2D eigenvalue weighted by atomic mass is 79.9. The molecule has 3 heteroatoms. The van der Waals surface area contributed by atoms with Gasteiger partial charge in [0.25, 0.3) is 0 Å². The van der Waals surface area contributed by atoms with Crippen molar-refractivity contribution in [2.75, 3.05) is 13.2 Å². The summed E-state index contributed by atoms with van der Waals surface area (Å²) in [5.41, 5.74) is 1.54. The first-order chi connectivity index (χ1) is 6.80. The number of hydrogen-bond donors (Lipinski definition) is 1. The number of fused-ring (bicyclic) bond motifs is 2. The Balaban J connectivity index is 2.12. The molecule has 1 fully saturated rings. The van der Waals surface area contributed by atoms with Crippen molar-refractivity contribution < 1.29 is 4.74 Å². The van der Waals surface area contributed by atoms with Crippen LogP contribution in [-0.2, 0) is 5.54 Å². The normalized spacial score (nSPS) is 29.2. The fourth-order valence-electron chi connectivity index (χ4n) is 2.34. The van der Waals surface area contributed by atoms with Crippen LogP contribution in [0.25, 0.3) is 0 Å². The molecule has 1 aromatic rings. The van der Waals surface area contributed by atoms with E-state index in [9.17, 15) is 0 Å². The van der Waals surface area contributed by atoms with Gasteiger partial charge in [0.05, 0.1) is 12.1 Å². The van der Waals surface area contributed by atoms with Gasteiger partial charge in [-0.2, -0.15) is 0 Å². The van der Waals surface area contributed by atoms with Gasteiger partial charge in [-0.15, -0.1) is 0 Å². The molecule has 1 saturated heterocycles. The first-order valence-corrected chi connectivity index (χ1v) is 5.77. The summed E-state index contributed by atoms with van der Waals surface area (Å²) in [5.74, 6) is 1.05. The van der Waals surface area contributed by atoms with Crippen LogP contribution in [0.2, 0.25) is 0 Å². The molecule has 74 valence electrons. The third-order valence-electron chi connectivity index (χ3n) is 3.26. The van der Waals surface area contributed by atoms with Crippen LogP contribution in [0, 0.1) is 0 Å². The molecular weight excluding hydrogens is 242 g/mol. The summed E-state index contributed by atoms with van der Waals surface area (Å²) in [6.45, 7) is 1.97. The van der Waals surface area contributed by atoms with E-state index in [1.807, 2.05) is 6.07 Å². The SMILES string of the molecule is Brc1ccc2c(c1)[C@@]1(CCN1)CCO2. The average Bonchev–Trinajstić information content (AvgIpc) is 2.14. The Labute approximate surface area is 91.8 Å². The molecule has 0 bridgehead atoms. The van der Waals surface area contributed by atoms with E-state index in [1.54, 1.807) is 0 Å². The van der Waals surface area contributed by atoms with E-state index in [-0.39, 0.29) is 5.54 Å². The van der Waals surface area contributed by atoms with E-state index < -0.39 is 0 Å². The monoisotopic (exact) mass is 253 g/mol. The molecule has 0 amide bonds. The Morgan fingerprint density at radius 1 is 1.36 bits per heavy atom. The number of hydrogen-bond acceptors (Lipinski definition) is 2. The van der Waals surface area contributed by atoms with Gasteiger partial charge in [-0.3, -0.25) is 0 Å². The summed E-state index contributed by atoms with van der Waals surface area (Å²) in [7, 11) is 0. The molecular formula is C11H12BrNO. The average molecular weight is 254 g/mol. The minimum atomic E-state index is 0.220. The molecule has 1 spiro atoms. The molecule has 0 radical (unpaired) electrons. The Hall–Kier alpha value is -0.540. The molecule has 0 aliphatic carbocycles. The van der Waals surface area contributed by atoms with Crippen LogP contribution in [0.1, 0.15) is 18.4 Å². The van der Waals surface area contributed by atoms with Crippen LogP contribution in [0.4, 0.5) is 0 Å². The summed E-state index contributed by atoms with van der Waals surface area (Å²) in [6, 6.07) is 6.28. The molecule has 3 rings (SSSR count). The van der Waals surface area contributed by atoms with Crippen molar-refractivity contribution in [3.05, 3.63) is 28.2 Å². The molecule has 0 saturated carbocycles. The van der Waals surface area contributed by atoms with Gasteiger partial charge < -0.3 is 10.1 Å². The third-order valence-corrected chi connectivity index (χ3v) is 3.75.